The van der Waals surface area contributed by atoms with E-state index in [2.05, 4.69) is 4.98 Å². The first-order valence-corrected chi connectivity index (χ1v) is 5.68. The first kappa shape index (κ1) is 8.54. The number of rotatable bonds is 2. The molecule has 0 aromatic carbocycles. The van der Waals surface area contributed by atoms with Crippen LogP contribution in [0.1, 0.15) is 37.4 Å². The highest BCUT2D eigenvalue weighted by molar-refractivity contribution is 5.17. The van der Waals surface area contributed by atoms with Gasteiger partial charge in [-0.15, -0.1) is 0 Å². The Morgan fingerprint density at radius 1 is 1.29 bits per heavy atom. The topological polar surface area (TPSA) is 36.0 Å². The van der Waals surface area contributed by atoms with Crippen LogP contribution in [0.25, 0.3) is 0 Å². The van der Waals surface area contributed by atoms with Crippen LogP contribution < -0.4 is 0 Å². The van der Waals surface area contributed by atoms with Gasteiger partial charge in [0.05, 0.1) is 6.10 Å². The number of hydrogen-bond donors (Lipinski definition) is 2. The maximum absolute atomic E-state index is 10.2. The summed E-state index contributed by atoms with van der Waals surface area (Å²) < 4.78 is 0. The lowest BCUT2D eigenvalue weighted by Gasteiger charge is -2.07. The van der Waals surface area contributed by atoms with Crippen molar-refractivity contribution in [2.45, 2.75) is 31.8 Å². The highest BCUT2D eigenvalue weighted by atomic mass is 16.3. The van der Waals surface area contributed by atoms with Crippen LogP contribution in [0.15, 0.2) is 18.5 Å². The van der Waals surface area contributed by atoms with E-state index in [0.717, 1.165) is 17.4 Å². The van der Waals surface area contributed by atoms with E-state index in [9.17, 15) is 5.11 Å². The number of nitrogens with one attached hydrogen (secondary N) is 1. The molecule has 1 aromatic rings. The fourth-order valence-electron chi connectivity index (χ4n) is 3.26. The summed E-state index contributed by atoms with van der Waals surface area (Å²) in [5, 5.41) is 10.2. The first-order chi connectivity index (χ1) is 6.88. The second-order valence-electron chi connectivity index (χ2n) is 4.78. The lowest BCUT2D eigenvalue weighted by Crippen LogP contribution is -2.00. The van der Waals surface area contributed by atoms with Crippen LogP contribution in [0.3, 0.4) is 0 Å². The van der Waals surface area contributed by atoms with Crippen LogP contribution in [0, 0.1) is 17.8 Å². The molecule has 0 saturated heterocycles. The van der Waals surface area contributed by atoms with E-state index in [0.29, 0.717) is 5.92 Å². The van der Waals surface area contributed by atoms with E-state index >= 15 is 0 Å². The van der Waals surface area contributed by atoms with Crippen molar-refractivity contribution in [2.75, 3.05) is 0 Å². The molecule has 14 heavy (non-hydrogen) atoms. The predicted molar refractivity (Wildman–Crippen MR) is 54.7 cm³/mol. The van der Waals surface area contributed by atoms with E-state index in [4.69, 9.17) is 0 Å². The molecule has 76 valence electrons. The Bertz CT molecular complexity index is 294. The minimum atomic E-state index is -0.214. The molecule has 2 aliphatic carbocycles. The smallest absolute Gasteiger partial charge is 0.0838 e. The third-order valence-corrected chi connectivity index (χ3v) is 4.05. The molecule has 1 aromatic heterocycles. The second-order valence-corrected chi connectivity index (χ2v) is 4.78. The Hall–Kier alpha value is -0.760. The Morgan fingerprint density at radius 3 is 2.57 bits per heavy atom. The van der Waals surface area contributed by atoms with Crippen LogP contribution in [0.5, 0.6) is 0 Å². The van der Waals surface area contributed by atoms with Gasteiger partial charge in [-0.2, -0.15) is 0 Å². The molecule has 3 atom stereocenters. The van der Waals surface area contributed by atoms with Gasteiger partial charge in [0.15, 0.2) is 0 Å². The van der Waals surface area contributed by atoms with Crippen molar-refractivity contribution in [3.05, 3.63) is 24.0 Å². The third kappa shape index (κ3) is 1.21. The molecule has 0 aliphatic heterocycles. The first-order valence-electron chi connectivity index (χ1n) is 5.68. The number of aliphatic hydroxyl groups excluding tert-OH is 1. The molecule has 2 heteroatoms. The van der Waals surface area contributed by atoms with Crippen molar-refractivity contribution in [3.63, 3.8) is 0 Å². The predicted octanol–water partition coefficient (Wildman–Crippen LogP) is 2.48. The highest BCUT2D eigenvalue weighted by Gasteiger charge is 2.54. The fraction of sp³-hybridized carbons (Fsp3) is 0.667. The average Bonchev–Trinajstić information content (AvgIpc) is 2.70. The van der Waals surface area contributed by atoms with Crippen LogP contribution in [-0.4, -0.2) is 10.1 Å². The van der Waals surface area contributed by atoms with E-state index < -0.39 is 0 Å². The van der Waals surface area contributed by atoms with Gasteiger partial charge in [-0.25, -0.2) is 0 Å². The van der Waals surface area contributed by atoms with Gasteiger partial charge in [-0.3, -0.25) is 0 Å². The number of aromatic amines is 1. The van der Waals surface area contributed by atoms with Crippen molar-refractivity contribution in [2.24, 2.45) is 17.8 Å². The zero-order chi connectivity index (χ0) is 9.54. The minimum Gasteiger partial charge on any atom is -0.388 e. The number of aromatic nitrogens is 1. The SMILES string of the molecule is OC(c1cc[nH]c1)C1C2CCCCC21. The van der Waals surface area contributed by atoms with Crippen molar-refractivity contribution in [3.8, 4) is 0 Å². The molecule has 1 heterocycles. The minimum absolute atomic E-state index is 0.214. The molecule has 0 bridgehead atoms. The summed E-state index contributed by atoms with van der Waals surface area (Å²) >= 11 is 0. The van der Waals surface area contributed by atoms with Crippen LogP contribution in [0.4, 0.5) is 0 Å². The highest BCUT2D eigenvalue weighted by Crippen LogP contribution is 2.60. The van der Waals surface area contributed by atoms with Crippen LogP contribution in [-0.2, 0) is 0 Å². The lowest BCUT2D eigenvalue weighted by atomic mass is 10.0. The van der Waals surface area contributed by atoms with Crippen LogP contribution >= 0.6 is 0 Å². The Kier molecular flexibility index (Phi) is 1.91. The molecule has 2 N–H and O–H groups in total. The van der Waals surface area contributed by atoms with Gasteiger partial charge in [0.25, 0.3) is 0 Å². The quantitative estimate of drug-likeness (QED) is 0.740. The monoisotopic (exact) mass is 191 g/mol. The Balaban J connectivity index is 1.72. The number of fused-ring (bicyclic) bond motifs is 1. The van der Waals surface area contributed by atoms with E-state index in [1.807, 2.05) is 18.5 Å². The summed E-state index contributed by atoms with van der Waals surface area (Å²) in [5.41, 5.74) is 1.07. The summed E-state index contributed by atoms with van der Waals surface area (Å²) in [7, 11) is 0. The van der Waals surface area contributed by atoms with Gasteiger partial charge in [0.2, 0.25) is 0 Å². The maximum Gasteiger partial charge on any atom is 0.0838 e. The standard InChI is InChI=1S/C12H17NO/c14-12(8-5-6-13-7-8)11-9-3-1-2-4-10(9)11/h5-7,9-14H,1-4H2. The van der Waals surface area contributed by atoms with Crippen molar-refractivity contribution in [1.29, 1.82) is 0 Å². The molecule has 2 aliphatic rings. The third-order valence-electron chi connectivity index (χ3n) is 4.05. The van der Waals surface area contributed by atoms with Crippen molar-refractivity contribution in [1.82, 2.24) is 4.98 Å². The summed E-state index contributed by atoms with van der Waals surface area (Å²) in [4.78, 5) is 3.01. The second kappa shape index (κ2) is 3.13. The summed E-state index contributed by atoms with van der Waals surface area (Å²) in [6, 6.07) is 2.00. The van der Waals surface area contributed by atoms with Gasteiger partial charge < -0.3 is 10.1 Å². The molecule has 3 unspecified atom stereocenters. The van der Waals surface area contributed by atoms with Gasteiger partial charge in [0.1, 0.15) is 0 Å². The summed E-state index contributed by atoms with van der Waals surface area (Å²) in [5.74, 6) is 2.22. The fourth-order valence-corrected chi connectivity index (χ4v) is 3.26. The molecular weight excluding hydrogens is 174 g/mol. The van der Waals surface area contributed by atoms with E-state index in [1.165, 1.54) is 25.7 Å². The summed E-state index contributed by atoms with van der Waals surface area (Å²) in [6.07, 6.45) is 9.04. The summed E-state index contributed by atoms with van der Waals surface area (Å²) in [6.45, 7) is 0. The zero-order valence-electron chi connectivity index (χ0n) is 8.32. The molecule has 0 spiro atoms. The largest absolute Gasteiger partial charge is 0.388 e. The molecule has 2 fully saturated rings. The van der Waals surface area contributed by atoms with Crippen molar-refractivity contribution >= 4 is 0 Å². The van der Waals surface area contributed by atoms with Crippen molar-refractivity contribution < 1.29 is 5.11 Å². The Morgan fingerprint density at radius 2 is 2.00 bits per heavy atom. The molecule has 2 saturated carbocycles. The zero-order valence-corrected chi connectivity index (χ0v) is 8.32. The van der Waals surface area contributed by atoms with Gasteiger partial charge in [0, 0.05) is 12.4 Å². The van der Waals surface area contributed by atoms with Gasteiger partial charge in [-0.1, -0.05) is 12.8 Å². The molecular formula is C12H17NO. The lowest BCUT2D eigenvalue weighted by molar-refractivity contribution is 0.142. The van der Waals surface area contributed by atoms with E-state index in [-0.39, 0.29) is 6.10 Å². The number of aliphatic hydroxyl groups is 1. The molecule has 3 rings (SSSR count). The Labute approximate surface area is 84.3 Å². The number of hydrogen-bond acceptors (Lipinski definition) is 1. The average molecular weight is 191 g/mol. The molecule has 0 amide bonds. The normalized spacial score (nSPS) is 37.6. The van der Waals surface area contributed by atoms with Gasteiger partial charge in [-0.05, 0) is 42.2 Å². The molecule has 2 nitrogen and oxygen atoms in total. The number of H-pyrrole nitrogens is 1. The van der Waals surface area contributed by atoms with E-state index in [1.54, 1.807) is 0 Å². The molecule has 0 radical (unpaired) electrons. The van der Waals surface area contributed by atoms with Gasteiger partial charge >= 0.3 is 0 Å². The van der Waals surface area contributed by atoms with Crippen LogP contribution in [0.2, 0.25) is 0 Å². The maximum atomic E-state index is 10.2.